The molecule has 0 saturated carbocycles. The van der Waals surface area contributed by atoms with Crippen molar-refractivity contribution in [3.63, 3.8) is 0 Å². The smallest absolute Gasteiger partial charge is 0.408 e. The number of alkyl carbamates (subject to hydrolysis) is 1. The molecule has 9 heteroatoms. The number of amides is 2. The molecule has 2 heterocycles. The van der Waals surface area contributed by atoms with Crippen molar-refractivity contribution in [1.82, 2.24) is 10.2 Å². The number of carbonyl (C=O) groups is 3. The lowest BCUT2D eigenvalue weighted by molar-refractivity contribution is -0.149. The largest absolute Gasteiger partial charge is 0.480 e. The summed E-state index contributed by atoms with van der Waals surface area (Å²) in [4.78, 5) is 39.5. The zero-order valence-corrected chi connectivity index (χ0v) is 19.5. The number of benzene rings is 2. The molecule has 8 nitrogen and oxygen atoms in total. The van der Waals surface area contributed by atoms with Gasteiger partial charge in [-0.15, -0.1) is 11.3 Å². The molecule has 2 aromatic carbocycles. The Morgan fingerprint density at radius 1 is 1.03 bits per heavy atom. The highest BCUT2D eigenvalue weighted by Gasteiger charge is 2.42. The summed E-state index contributed by atoms with van der Waals surface area (Å²) >= 11 is 1.27. The lowest BCUT2D eigenvalue weighted by atomic mass is 9.98. The molecule has 1 fully saturated rings. The summed E-state index contributed by atoms with van der Waals surface area (Å²) in [6, 6.07) is 17.2. The van der Waals surface area contributed by atoms with Gasteiger partial charge < -0.3 is 25.2 Å². The third-order valence-electron chi connectivity index (χ3n) is 6.53. The molecule has 180 valence electrons. The van der Waals surface area contributed by atoms with Gasteiger partial charge in [-0.25, -0.2) is 9.59 Å². The minimum absolute atomic E-state index is 0.0524. The number of carboxylic acid groups (broad SMARTS) is 1. The van der Waals surface area contributed by atoms with Crippen LogP contribution in [0.1, 0.15) is 34.4 Å². The van der Waals surface area contributed by atoms with Crippen molar-refractivity contribution < 1.29 is 29.3 Å². The molecule has 3 aromatic rings. The Kier molecular flexibility index (Phi) is 6.27. The van der Waals surface area contributed by atoms with E-state index in [1.807, 2.05) is 48.5 Å². The number of carboxylic acids is 1. The first-order chi connectivity index (χ1) is 16.9. The number of aliphatic hydroxyl groups is 1. The molecule has 1 unspecified atom stereocenters. The number of rotatable bonds is 6. The van der Waals surface area contributed by atoms with Crippen molar-refractivity contribution in [1.29, 1.82) is 0 Å². The second-order valence-electron chi connectivity index (χ2n) is 8.65. The number of carbonyl (C=O) groups excluding carboxylic acids is 2. The molecule has 5 rings (SSSR count). The van der Waals surface area contributed by atoms with Crippen LogP contribution in [0.5, 0.6) is 0 Å². The Morgan fingerprint density at radius 3 is 2.29 bits per heavy atom. The number of nitrogens with one attached hydrogen (secondary N) is 1. The van der Waals surface area contributed by atoms with Crippen LogP contribution in [0.4, 0.5) is 4.79 Å². The van der Waals surface area contributed by atoms with E-state index in [0.29, 0.717) is 4.88 Å². The molecule has 1 aliphatic heterocycles. The maximum Gasteiger partial charge on any atom is 0.408 e. The molecule has 2 amide bonds. The van der Waals surface area contributed by atoms with E-state index in [4.69, 9.17) is 4.74 Å². The average Bonchev–Trinajstić information content (AvgIpc) is 3.59. The highest BCUT2D eigenvalue weighted by Crippen LogP contribution is 2.44. The van der Waals surface area contributed by atoms with Crippen molar-refractivity contribution >= 4 is 29.3 Å². The van der Waals surface area contributed by atoms with Gasteiger partial charge in [0.25, 0.3) is 5.91 Å². The number of hydrogen-bond donors (Lipinski definition) is 3. The molecule has 0 spiro atoms. The summed E-state index contributed by atoms with van der Waals surface area (Å²) in [5, 5.41) is 23.8. The van der Waals surface area contributed by atoms with Crippen LogP contribution in [0.25, 0.3) is 11.1 Å². The minimum Gasteiger partial charge on any atom is -0.480 e. The van der Waals surface area contributed by atoms with E-state index in [-0.39, 0.29) is 25.5 Å². The van der Waals surface area contributed by atoms with Crippen LogP contribution in [0, 0.1) is 0 Å². The van der Waals surface area contributed by atoms with Gasteiger partial charge >= 0.3 is 12.1 Å². The van der Waals surface area contributed by atoms with Crippen LogP contribution in [-0.4, -0.2) is 58.4 Å². The van der Waals surface area contributed by atoms with E-state index in [1.54, 1.807) is 17.5 Å². The molecule has 0 bridgehead atoms. The predicted octanol–water partition coefficient (Wildman–Crippen LogP) is 3.37. The number of ether oxygens (including phenoxy) is 1. The fraction of sp³-hybridized carbons (Fsp3) is 0.269. The number of aliphatic carboxylic acids is 1. The molecule has 0 radical (unpaired) electrons. The minimum atomic E-state index is -1.19. The Labute approximate surface area is 205 Å². The molecular formula is C26H24N2O6S. The van der Waals surface area contributed by atoms with Gasteiger partial charge in [0, 0.05) is 23.8 Å². The Bertz CT molecular complexity index is 1210. The van der Waals surface area contributed by atoms with Gasteiger partial charge in [0.1, 0.15) is 18.7 Å². The van der Waals surface area contributed by atoms with Crippen molar-refractivity contribution in [2.24, 2.45) is 0 Å². The molecule has 3 atom stereocenters. The fourth-order valence-electron chi connectivity index (χ4n) is 4.93. The lowest BCUT2D eigenvalue weighted by Gasteiger charge is -2.26. The Hall–Kier alpha value is -3.69. The molecule has 1 aliphatic carbocycles. The van der Waals surface area contributed by atoms with E-state index in [2.05, 4.69) is 5.32 Å². The van der Waals surface area contributed by atoms with E-state index < -0.39 is 36.2 Å². The molecular weight excluding hydrogens is 468 g/mol. The zero-order chi connectivity index (χ0) is 24.5. The molecule has 3 N–H and O–H groups in total. The van der Waals surface area contributed by atoms with Crippen LogP contribution in [0.3, 0.4) is 0 Å². The SMILES string of the molecule is O=C(NC(C(=O)N1C[C@@H](O)C[C@H]1C(=O)O)c1cccs1)OCC1c2ccccc2-c2ccccc21. The molecule has 1 aromatic heterocycles. The third-order valence-corrected chi connectivity index (χ3v) is 7.46. The number of thiophene rings is 1. The van der Waals surface area contributed by atoms with Crippen LogP contribution in [0.2, 0.25) is 0 Å². The quantitative estimate of drug-likeness (QED) is 0.486. The summed E-state index contributed by atoms with van der Waals surface area (Å²) in [6.45, 7) is -0.0184. The van der Waals surface area contributed by atoms with E-state index in [1.165, 1.54) is 11.3 Å². The molecule has 1 saturated heterocycles. The second-order valence-corrected chi connectivity index (χ2v) is 9.63. The van der Waals surface area contributed by atoms with E-state index in [0.717, 1.165) is 27.2 Å². The van der Waals surface area contributed by atoms with Crippen molar-refractivity contribution in [3.05, 3.63) is 82.0 Å². The van der Waals surface area contributed by atoms with Gasteiger partial charge in [0.05, 0.1) is 6.10 Å². The number of fused-ring (bicyclic) bond motifs is 3. The predicted molar refractivity (Wildman–Crippen MR) is 129 cm³/mol. The fourth-order valence-corrected chi connectivity index (χ4v) is 5.69. The van der Waals surface area contributed by atoms with Crippen molar-refractivity contribution in [2.75, 3.05) is 13.2 Å². The molecule has 35 heavy (non-hydrogen) atoms. The zero-order valence-electron chi connectivity index (χ0n) is 18.7. The monoisotopic (exact) mass is 492 g/mol. The third kappa shape index (κ3) is 4.40. The van der Waals surface area contributed by atoms with Gasteiger partial charge in [-0.1, -0.05) is 54.6 Å². The van der Waals surface area contributed by atoms with Gasteiger partial charge in [-0.2, -0.15) is 0 Å². The maximum absolute atomic E-state index is 13.3. The number of aliphatic hydroxyl groups excluding tert-OH is 1. The normalized spacial score (nSPS) is 19.6. The van der Waals surface area contributed by atoms with Crippen LogP contribution in [-0.2, 0) is 14.3 Å². The summed E-state index contributed by atoms with van der Waals surface area (Å²) in [5.41, 5.74) is 4.36. The van der Waals surface area contributed by atoms with Gasteiger partial charge in [0.2, 0.25) is 0 Å². The standard InChI is InChI=1S/C26H24N2O6S/c29-15-12-21(25(31)32)28(13-15)24(30)23(22-10-5-11-35-22)27-26(33)34-14-20-18-8-3-1-6-16(18)17-7-2-4-9-19(17)20/h1-11,15,20-21,23,29H,12-14H2,(H,27,33)(H,31,32)/t15-,21-,23?/m0/s1. The number of β-amino-alcohol motifs (C(OH)–C–C–N with tert-alkyl or cyclic N) is 1. The number of nitrogens with zero attached hydrogens (tertiary/aromatic N) is 1. The van der Waals surface area contributed by atoms with E-state index in [9.17, 15) is 24.6 Å². The average molecular weight is 493 g/mol. The highest BCUT2D eigenvalue weighted by molar-refractivity contribution is 7.10. The first-order valence-corrected chi connectivity index (χ1v) is 12.2. The van der Waals surface area contributed by atoms with Crippen molar-refractivity contribution in [2.45, 2.75) is 30.5 Å². The Balaban J connectivity index is 1.32. The maximum atomic E-state index is 13.3. The second kappa shape index (κ2) is 9.52. The lowest BCUT2D eigenvalue weighted by Crippen LogP contribution is -2.47. The summed E-state index contributed by atoms with van der Waals surface area (Å²) < 4.78 is 5.59. The molecule has 2 aliphatic rings. The van der Waals surface area contributed by atoms with Gasteiger partial charge in [0.15, 0.2) is 0 Å². The number of likely N-dealkylation sites (tertiary alicyclic amines) is 1. The van der Waals surface area contributed by atoms with Gasteiger partial charge in [-0.3, -0.25) is 4.79 Å². The van der Waals surface area contributed by atoms with Gasteiger partial charge in [-0.05, 0) is 33.7 Å². The summed E-state index contributed by atoms with van der Waals surface area (Å²) in [5.74, 6) is -1.92. The number of hydrogen-bond acceptors (Lipinski definition) is 6. The highest BCUT2D eigenvalue weighted by atomic mass is 32.1. The van der Waals surface area contributed by atoms with Crippen LogP contribution < -0.4 is 5.32 Å². The van der Waals surface area contributed by atoms with Crippen LogP contribution >= 0.6 is 11.3 Å². The first kappa shape index (κ1) is 23.1. The van der Waals surface area contributed by atoms with E-state index >= 15 is 0 Å². The first-order valence-electron chi connectivity index (χ1n) is 11.3. The Morgan fingerprint density at radius 2 is 1.69 bits per heavy atom. The van der Waals surface area contributed by atoms with Crippen LogP contribution in [0.15, 0.2) is 66.0 Å². The summed E-state index contributed by atoms with van der Waals surface area (Å²) in [7, 11) is 0. The summed E-state index contributed by atoms with van der Waals surface area (Å²) in [6.07, 6.45) is -1.76. The topological polar surface area (TPSA) is 116 Å². The van der Waals surface area contributed by atoms with Crippen molar-refractivity contribution in [3.8, 4) is 11.1 Å².